The molecule has 6 nitrogen and oxygen atoms in total. The highest BCUT2D eigenvalue weighted by Crippen LogP contribution is 2.43. The molecule has 0 spiro atoms. The molecule has 0 saturated carbocycles. The van der Waals surface area contributed by atoms with E-state index in [1.165, 1.54) is 4.90 Å². The van der Waals surface area contributed by atoms with Crippen molar-refractivity contribution in [2.75, 3.05) is 9.80 Å². The molecule has 8 rings (SSSR count). The summed E-state index contributed by atoms with van der Waals surface area (Å²) in [5.74, 6) is 0.767. The molecule has 1 N–H and O–H groups in total. The second-order valence-corrected chi connectivity index (χ2v) is 12.3. The average Bonchev–Trinajstić information content (AvgIpc) is 3.16. The van der Waals surface area contributed by atoms with E-state index in [-0.39, 0.29) is 18.0 Å². The van der Waals surface area contributed by atoms with Crippen molar-refractivity contribution in [1.29, 1.82) is 0 Å². The number of hydrogen-bond donors (Lipinski definition) is 1. The number of benzene rings is 6. The lowest BCUT2D eigenvalue weighted by atomic mass is 9.86. The van der Waals surface area contributed by atoms with Crippen molar-refractivity contribution in [2.45, 2.75) is 19.2 Å². The number of fused-ring (bicyclic) bond motifs is 1. The summed E-state index contributed by atoms with van der Waals surface area (Å²) in [6, 6.07) is 53.3. The molecule has 0 fully saturated rings. The van der Waals surface area contributed by atoms with Gasteiger partial charge in [0.15, 0.2) is 12.1 Å². The number of carbonyl (C=O) groups excluding carboxylic acids is 1. The zero-order valence-electron chi connectivity index (χ0n) is 27.0. The number of nitrogens with zero attached hydrogens (tertiary/aromatic N) is 4. The molecule has 0 aliphatic carbocycles. The third-order valence-corrected chi connectivity index (χ3v) is 9.29. The van der Waals surface area contributed by atoms with Gasteiger partial charge in [-0.1, -0.05) is 128 Å². The van der Waals surface area contributed by atoms with Gasteiger partial charge < -0.3 is 5.11 Å². The maximum Gasteiger partial charge on any atom is 0.336 e. The first-order valence-corrected chi connectivity index (χ1v) is 16.5. The van der Waals surface area contributed by atoms with E-state index < -0.39 is 6.23 Å². The Morgan fingerprint density at radius 3 is 1.86 bits per heavy atom. The number of para-hydroxylation sites is 2. The normalized spacial score (nSPS) is 18.8. The predicted molar refractivity (Wildman–Crippen MR) is 198 cm³/mol. The number of urea groups is 1. The Balaban J connectivity index is 1.22. The van der Waals surface area contributed by atoms with Crippen molar-refractivity contribution < 1.29 is 9.90 Å². The van der Waals surface area contributed by atoms with Gasteiger partial charge in [-0.05, 0) is 64.7 Å². The SMILES string of the molecule is CC1C(c2ccccc2)=NC(c2cccc(-c3ccc4c(c3)C(O)N(c3ccccc3)C(=O)N4c3ccccc3)c2)=NC1c1ccccc1. The number of aliphatic hydroxyl groups excluding tert-OH is 1. The molecule has 6 aromatic carbocycles. The van der Waals surface area contributed by atoms with Crippen LogP contribution < -0.4 is 9.80 Å². The molecule has 0 aromatic heterocycles. The Labute approximate surface area is 286 Å². The van der Waals surface area contributed by atoms with Gasteiger partial charge in [0.25, 0.3) is 0 Å². The summed E-state index contributed by atoms with van der Waals surface area (Å²) in [5.41, 5.74) is 8.63. The van der Waals surface area contributed by atoms with E-state index >= 15 is 0 Å². The summed E-state index contributed by atoms with van der Waals surface area (Å²) in [4.78, 5) is 27.5. The average molecular weight is 639 g/mol. The minimum atomic E-state index is -1.18. The van der Waals surface area contributed by atoms with Crippen molar-refractivity contribution in [3.05, 3.63) is 186 Å². The molecule has 0 saturated heterocycles. The first kappa shape index (κ1) is 30.2. The summed E-state index contributed by atoms with van der Waals surface area (Å²) in [7, 11) is 0. The van der Waals surface area contributed by atoms with Crippen molar-refractivity contribution in [3.63, 3.8) is 0 Å². The third-order valence-electron chi connectivity index (χ3n) is 9.29. The molecule has 3 unspecified atom stereocenters. The van der Waals surface area contributed by atoms with Crippen LogP contribution in [0.25, 0.3) is 11.1 Å². The molecule has 49 heavy (non-hydrogen) atoms. The zero-order chi connectivity index (χ0) is 33.3. The molecule has 2 aliphatic rings. The van der Waals surface area contributed by atoms with Gasteiger partial charge in [0.1, 0.15) is 0 Å². The number of aliphatic hydroxyl groups is 1. The summed E-state index contributed by atoms with van der Waals surface area (Å²) < 4.78 is 0. The predicted octanol–water partition coefficient (Wildman–Crippen LogP) is 9.75. The fraction of sp³-hybridized carbons (Fsp3) is 0.0930. The molecule has 238 valence electrons. The lowest BCUT2D eigenvalue weighted by molar-refractivity contribution is 0.168. The highest BCUT2D eigenvalue weighted by atomic mass is 16.3. The zero-order valence-corrected chi connectivity index (χ0v) is 27.0. The van der Waals surface area contributed by atoms with E-state index in [1.54, 1.807) is 4.90 Å². The van der Waals surface area contributed by atoms with Gasteiger partial charge in [-0.3, -0.25) is 14.8 Å². The number of amides is 2. The number of amidine groups is 1. The summed E-state index contributed by atoms with van der Waals surface area (Å²) in [5, 5.41) is 11.8. The van der Waals surface area contributed by atoms with Crippen LogP contribution in [0.5, 0.6) is 0 Å². The van der Waals surface area contributed by atoms with Gasteiger partial charge in [0.2, 0.25) is 0 Å². The summed E-state index contributed by atoms with van der Waals surface area (Å²) in [6.07, 6.45) is -1.18. The summed E-state index contributed by atoms with van der Waals surface area (Å²) in [6.45, 7) is 2.20. The number of anilines is 3. The highest BCUT2D eigenvalue weighted by molar-refractivity contribution is 6.15. The molecule has 6 heteroatoms. The number of aliphatic imine (C=N–C) groups is 2. The van der Waals surface area contributed by atoms with Crippen LogP contribution in [0.15, 0.2) is 174 Å². The van der Waals surface area contributed by atoms with Gasteiger partial charge in [-0.15, -0.1) is 0 Å². The molecule has 2 amide bonds. The van der Waals surface area contributed by atoms with Crippen LogP contribution >= 0.6 is 0 Å². The Morgan fingerprint density at radius 1 is 0.592 bits per heavy atom. The maximum atomic E-state index is 14.0. The largest absolute Gasteiger partial charge is 0.369 e. The molecule has 6 aromatic rings. The van der Waals surface area contributed by atoms with Crippen LogP contribution in [0, 0.1) is 5.92 Å². The number of hydrogen-bond acceptors (Lipinski definition) is 4. The van der Waals surface area contributed by atoms with Crippen molar-refractivity contribution >= 4 is 34.6 Å². The Bertz CT molecular complexity index is 2180. The van der Waals surface area contributed by atoms with Crippen molar-refractivity contribution in [2.24, 2.45) is 15.9 Å². The second kappa shape index (κ2) is 12.8. The van der Waals surface area contributed by atoms with Gasteiger partial charge in [0.05, 0.1) is 23.1 Å². The van der Waals surface area contributed by atoms with Crippen LogP contribution in [0.1, 0.15) is 41.4 Å². The molecule has 2 heterocycles. The molecule has 2 aliphatic heterocycles. The lowest BCUT2D eigenvalue weighted by Crippen LogP contribution is -2.47. The molecule has 0 bridgehead atoms. The topological polar surface area (TPSA) is 68.5 Å². The lowest BCUT2D eigenvalue weighted by Gasteiger charge is -2.40. The minimum Gasteiger partial charge on any atom is -0.369 e. The smallest absolute Gasteiger partial charge is 0.336 e. The number of carbonyl (C=O) groups is 1. The van der Waals surface area contributed by atoms with Crippen LogP contribution in [0.4, 0.5) is 21.9 Å². The Morgan fingerprint density at radius 2 is 1.16 bits per heavy atom. The van der Waals surface area contributed by atoms with E-state index in [9.17, 15) is 9.90 Å². The van der Waals surface area contributed by atoms with E-state index in [4.69, 9.17) is 9.98 Å². The van der Waals surface area contributed by atoms with Crippen molar-refractivity contribution in [1.82, 2.24) is 0 Å². The van der Waals surface area contributed by atoms with Gasteiger partial charge in [0, 0.05) is 22.7 Å². The molecule has 3 atom stereocenters. The van der Waals surface area contributed by atoms with Gasteiger partial charge in [-0.2, -0.15) is 0 Å². The van der Waals surface area contributed by atoms with E-state index in [0.29, 0.717) is 22.8 Å². The fourth-order valence-corrected chi connectivity index (χ4v) is 6.83. The maximum absolute atomic E-state index is 14.0. The third kappa shape index (κ3) is 5.62. The summed E-state index contributed by atoms with van der Waals surface area (Å²) >= 11 is 0. The second-order valence-electron chi connectivity index (χ2n) is 12.3. The number of rotatable bonds is 6. The van der Waals surface area contributed by atoms with Crippen LogP contribution in [-0.2, 0) is 0 Å². The van der Waals surface area contributed by atoms with Crippen LogP contribution in [0.3, 0.4) is 0 Å². The van der Waals surface area contributed by atoms with E-state index in [1.807, 2.05) is 115 Å². The highest BCUT2D eigenvalue weighted by Gasteiger charge is 2.39. The minimum absolute atomic E-state index is 0.0849. The van der Waals surface area contributed by atoms with E-state index in [2.05, 4.69) is 55.5 Å². The first-order valence-electron chi connectivity index (χ1n) is 16.5. The molecule has 0 radical (unpaired) electrons. The van der Waals surface area contributed by atoms with Gasteiger partial charge in [-0.25, -0.2) is 9.79 Å². The van der Waals surface area contributed by atoms with Crippen molar-refractivity contribution in [3.8, 4) is 11.1 Å². The Hall–Kier alpha value is -6.11. The Kier molecular flexibility index (Phi) is 7.92. The van der Waals surface area contributed by atoms with Crippen LogP contribution in [0.2, 0.25) is 0 Å². The monoisotopic (exact) mass is 638 g/mol. The quantitative estimate of drug-likeness (QED) is 0.197. The van der Waals surface area contributed by atoms with Crippen LogP contribution in [-0.4, -0.2) is 22.7 Å². The molecular formula is C43H34N4O2. The molecular weight excluding hydrogens is 604 g/mol. The standard InChI is InChI=1S/C43H34N4O2/c1-29-39(30-15-6-2-7-16-30)44-41(45-40(29)31-17-8-3-9-18-31)34-20-14-19-32(27-34)33-25-26-38-37(28-33)42(48)47(36-23-12-5-13-24-36)43(49)46(38)35-21-10-4-11-22-35/h2-29,39,42,48H,1H3. The van der Waals surface area contributed by atoms with E-state index in [0.717, 1.165) is 39.2 Å². The van der Waals surface area contributed by atoms with Gasteiger partial charge >= 0.3 is 6.03 Å². The fourth-order valence-electron chi connectivity index (χ4n) is 6.83. The first-order chi connectivity index (χ1) is 24.1.